The van der Waals surface area contributed by atoms with E-state index in [1.807, 2.05) is 6.08 Å². The Kier molecular flexibility index (Phi) is 33.5. The van der Waals surface area contributed by atoms with Crippen molar-refractivity contribution in [1.82, 2.24) is 5.32 Å². The zero-order valence-corrected chi connectivity index (χ0v) is 37.1. The zero-order valence-electron chi connectivity index (χ0n) is 36.2. The molecule has 8 atom stereocenters. The lowest BCUT2D eigenvalue weighted by Crippen LogP contribution is -2.61. The lowest BCUT2D eigenvalue weighted by Gasteiger charge is -2.41. The number of allylic oxidation sites excluding steroid dienone is 1. The van der Waals surface area contributed by atoms with Crippen LogP contribution in [0.5, 0.6) is 0 Å². The van der Waals surface area contributed by atoms with E-state index in [1.54, 1.807) is 0 Å². The van der Waals surface area contributed by atoms with E-state index in [9.17, 15) is 43.3 Å². The number of rotatable bonds is 39. The van der Waals surface area contributed by atoms with Crippen LogP contribution in [-0.2, 0) is 28.9 Å². The molecular formula is C44H85NO12S. The van der Waals surface area contributed by atoms with E-state index in [1.165, 1.54) is 134 Å². The molecule has 1 aliphatic heterocycles. The summed E-state index contributed by atoms with van der Waals surface area (Å²) in [6.45, 7) is 3.22. The lowest BCUT2D eigenvalue weighted by molar-refractivity contribution is -0.298. The third-order valence-corrected chi connectivity index (χ3v) is 11.6. The number of amides is 1. The molecule has 1 fully saturated rings. The van der Waals surface area contributed by atoms with Crippen LogP contribution < -0.4 is 5.32 Å². The van der Waals surface area contributed by atoms with Crippen LogP contribution in [0.15, 0.2) is 12.2 Å². The molecule has 1 amide bonds. The summed E-state index contributed by atoms with van der Waals surface area (Å²) in [4.78, 5) is 13.1. The second-order valence-electron chi connectivity index (χ2n) is 16.5. The predicted octanol–water partition coefficient (Wildman–Crippen LogP) is 7.75. The van der Waals surface area contributed by atoms with Gasteiger partial charge in [-0.3, -0.25) is 9.35 Å². The van der Waals surface area contributed by atoms with Crippen LogP contribution in [0.2, 0.25) is 0 Å². The molecule has 1 aliphatic rings. The van der Waals surface area contributed by atoms with Gasteiger partial charge in [-0.25, -0.2) is 4.18 Å². The third-order valence-electron chi connectivity index (χ3n) is 11.2. The minimum atomic E-state index is -5.11. The van der Waals surface area contributed by atoms with Crippen LogP contribution >= 0.6 is 0 Å². The Morgan fingerprint density at radius 1 is 0.690 bits per heavy atom. The minimum absolute atomic E-state index is 0.248. The molecule has 0 radical (unpaired) electrons. The largest absolute Gasteiger partial charge is 0.397 e. The second kappa shape index (κ2) is 35.4. The van der Waals surface area contributed by atoms with E-state index >= 15 is 0 Å². The molecule has 8 unspecified atom stereocenters. The molecule has 1 rings (SSSR count). The fraction of sp³-hybridized carbons (Fsp3) is 0.932. The molecule has 0 aromatic heterocycles. The molecule has 0 saturated carbocycles. The average molecular weight is 852 g/mol. The number of carbonyl (C=O) groups excluding carboxylic acids is 1. The SMILES string of the molecule is CCCCCCCCCCCCCC/C=C/C(O)C(COC1OC(CO)C(O)C(OS(=O)(=O)O)C1O)NC(=O)C(O)CCCCCCCCCCCCCCCCC. The first-order valence-corrected chi connectivity index (χ1v) is 24.5. The molecular weight excluding hydrogens is 767 g/mol. The van der Waals surface area contributed by atoms with Gasteiger partial charge in [-0.1, -0.05) is 193 Å². The summed E-state index contributed by atoms with van der Waals surface area (Å²) in [7, 11) is -5.11. The van der Waals surface area contributed by atoms with E-state index in [0.29, 0.717) is 12.8 Å². The summed E-state index contributed by atoms with van der Waals surface area (Å²) in [5.74, 6) is -0.700. The maximum Gasteiger partial charge on any atom is 0.397 e. The Bertz CT molecular complexity index is 1110. The lowest BCUT2D eigenvalue weighted by atomic mass is 9.99. The molecule has 0 spiro atoms. The third kappa shape index (κ3) is 27.6. The topological polar surface area (TPSA) is 212 Å². The van der Waals surface area contributed by atoms with Gasteiger partial charge in [0.1, 0.15) is 30.5 Å². The fourth-order valence-electron chi connectivity index (χ4n) is 7.46. The van der Waals surface area contributed by atoms with Gasteiger partial charge in [0, 0.05) is 0 Å². The van der Waals surface area contributed by atoms with Gasteiger partial charge in [0.2, 0.25) is 5.91 Å². The van der Waals surface area contributed by atoms with Crippen LogP contribution in [0.4, 0.5) is 0 Å². The highest BCUT2D eigenvalue weighted by Gasteiger charge is 2.48. The standard InChI is InChI=1S/C44H85NO12S/c1-3-5-7-9-11-13-15-17-19-21-23-25-27-29-31-33-38(48)43(51)45-36(35-55-44-41(50)42(57-58(52,53)54)40(49)39(34-46)56-44)37(47)32-30-28-26-24-22-20-18-16-14-12-10-8-6-4-2/h30,32,36-42,44,46-50H,3-29,31,33-35H2,1-2H3,(H,45,51)(H,52,53,54)/b32-30+. The van der Waals surface area contributed by atoms with Gasteiger partial charge < -0.3 is 40.3 Å². The smallest absolute Gasteiger partial charge is 0.394 e. The van der Waals surface area contributed by atoms with Crippen molar-refractivity contribution in [3.05, 3.63) is 12.2 Å². The Balaban J connectivity index is 2.59. The Morgan fingerprint density at radius 2 is 1.12 bits per heavy atom. The molecule has 7 N–H and O–H groups in total. The highest BCUT2D eigenvalue weighted by molar-refractivity contribution is 7.80. The monoisotopic (exact) mass is 852 g/mol. The summed E-state index contributed by atoms with van der Waals surface area (Å²) in [5.41, 5.74) is 0. The first kappa shape index (κ1) is 54.8. The normalized spacial score (nSPS) is 21.7. The van der Waals surface area contributed by atoms with Crippen molar-refractivity contribution in [2.75, 3.05) is 13.2 Å². The number of ether oxygens (including phenoxy) is 2. The number of unbranched alkanes of at least 4 members (excludes halogenated alkanes) is 26. The molecule has 58 heavy (non-hydrogen) atoms. The molecule has 0 aromatic rings. The van der Waals surface area contributed by atoms with Crippen LogP contribution in [0.25, 0.3) is 0 Å². The van der Waals surface area contributed by atoms with E-state index < -0.39 is 78.5 Å². The number of hydrogen-bond acceptors (Lipinski definition) is 11. The van der Waals surface area contributed by atoms with Gasteiger partial charge in [-0.15, -0.1) is 0 Å². The molecule has 14 heteroatoms. The van der Waals surface area contributed by atoms with Crippen molar-refractivity contribution in [1.29, 1.82) is 0 Å². The molecule has 344 valence electrons. The molecule has 13 nitrogen and oxygen atoms in total. The van der Waals surface area contributed by atoms with Gasteiger partial charge in [0.05, 0.1) is 25.4 Å². The van der Waals surface area contributed by atoms with Gasteiger partial charge in [-0.2, -0.15) is 8.42 Å². The number of aliphatic hydroxyl groups is 5. The number of carbonyl (C=O) groups is 1. The van der Waals surface area contributed by atoms with Gasteiger partial charge in [-0.05, 0) is 19.3 Å². The average Bonchev–Trinajstić information content (AvgIpc) is 3.19. The molecule has 0 bridgehead atoms. The van der Waals surface area contributed by atoms with Crippen LogP contribution in [-0.4, -0.2) is 107 Å². The van der Waals surface area contributed by atoms with Gasteiger partial charge >= 0.3 is 10.4 Å². The van der Waals surface area contributed by atoms with Crippen molar-refractivity contribution in [2.45, 2.75) is 249 Å². The van der Waals surface area contributed by atoms with Crippen LogP contribution in [0.3, 0.4) is 0 Å². The maximum absolute atomic E-state index is 13.1. The van der Waals surface area contributed by atoms with Crippen LogP contribution in [0, 0.1) is 0 Å². The summed E-state index contributed by atoms with van der Waals surface area (Å²) >= 11 is 0. The highest BCUT2D eigenvalue weighted by atomic mass is 32.3. The van der Waals surface area contributed by atoms with Crippen molar-refractivity contribution < 1.29 is 57.0 Å². The van der Waals surface area contributed by atoms with E-state index in [0.717, 1.165) is 38.5 Å². The van der Waals surface area contributed by atoms with E-state index in [4.69, 9.17) is 9.47 Å². The first-order valence-electron chi connectivity index (χ1n) is 23.2. The summed E-state index contributed by atoms with van der Waals surface area (Å²) in [6.07, 6.45) is 25.7. The predicted molar refractivity (Wildman–Crippen MR) is 228 cm³/mol. The summed E-state index contributed by atoms with van der Waals surface area (Å²) < 4.78 is 47.5. The molecule has 0 aliphatic carbocycles. The number of nitrogens with one attached hydrogen (secondary N) is 1. The highest BCUT2D eigenvalue weighted by Crippen LogP contribution is 2.26. The van der Waals surface area contributed by atoms with E-state index in [2.05, 4.69) is 23.3 Å². The fourth-order valence-corrected chi connectivity index (χ4v) is 7.97. The first-order chi connectivity index (χ1) is 27.9. The van der Waals surface area contributed by atoms with Crippen molar-refractivity contribution in [2.24, 2.45) is 0 Å². The molecule has 1 saturated heterocycles. The number of hydrogen-bond donors (Lipinski definition) is 7. The van der Waals surface area contributed by atoms with Crippen molar-refractivity contribution in [3.63, 3.8) is 0 Å². The molecule has 0 aromatic carbocycles. The minimum Gasteiger partial charge on any atom is -0.394 e. The van der Waals surface area contributed by atoms with Gasteiger partial charge in [0.25, 0.3) is 0 Å². The molecule has 1 heterocycles. The quantitative estimate of drug-likeness (QED) is 0.0180. The number of aliphatic hydroxyl groups excluding tert-OH is 5. The van der Waals surface area contributed by atoms with Crippen LogP contribution in [0.1, 0.15) is 200 Å². The summed E-state index contributed by atoms with van der Waals surface area (Å²) in [6, 6.07) is -1.11. The van der Waals surface area contributed by atoms with Crippen molar-refractivity contribution >= 4 is 16.3 Å². The Hall–Kier alpha value is -1.20. The Morgan fingerprint density at radius 3 is 1.55 bits per heavy atom. The van der Waals surface area contributed by atoms with Crippen molar-refractivity contribution in [3.8, 4) is 0 Å². The second-order valence-corrected chi connectivity index (χ2v) is 17.5. The Labute approximate surface area is 352 Å². The maximum atomic E-state index is 13.1. The zero-order chi connectivity index (χ0) is 42.9. The van der Waals surface area contributed by atoms with E-state index in [-0.39, 0.29) is 6.42 Å². The summed E-state index contributed by atoms with van der Waals surface area (Å²) in [5, 5.41) is 55.2. The van der Waals surface area contributed by atoms with Gasteiger partial charge in [0.15, 0.2) is 6.29 Å².